The molecule has 0 spiro atoms. The van der Waals surface area contributed by atoms with Crippen molar-refractivity contribution in [2.75, 3.05) is 18.8 Å². The first-order valence-corrected chi connectivity index (χ1v) is 7.13. The molecule has 1 saturated heterocycles. The van der Waals surface area contributed by atoms with Gasteiger partial charge in [0.2, 0.25) is 0 Å². The molecule has 0 radical (unpaired) electrons. The Morgan fingerprint density at radius 1 is 1.44 bits per heavy atom. The van der Waals surface area contributed by atoms with Crippen molar-refractivity contribution in [2.45, 2.75) is 23.5 Å². The predicted molar refractivity (Wildman–Crippen MR) is 69.7 cm³/mol. The third-order valence-corrected chi connectivity index (χ3v) is 4.41. The molecule has 0 aliphatic carbocycles. The number of hydrogen-bond acceptors (Lipinski definition) is 4. The normalized spacial score (nSPS) is 19.6. The van der Waals surface area contributed by atoms with Crippen molar-refractivity contribution < 1.29 is 5.11 Å². The largest absolute Gasteiger partial charge is 0.389 e. The first-order valence-electron chi connectivity index (χ1n) is 5.35. The number of pyridine rings is 1. The van der Waals surface area contributed by atoms with Gasteiger partial charge >= 0.3 is 0 Å². The van der Waals surface area contributed by atoms with Gasteiger partial charge in [-0.05, 0) is 54.0 Å². The van der Waals surface area contributed by atoms with Gasteiger partial charge in [0, 0.05) is 16.4 Å². The second-order valence-corrected chi connectivity index (χ2v) is 5.99. The highest BCUT2D eigenvalue weighted by Gasteiger charge is 2.29. The highest BCUT2D eigenvalue weighted by atomic mass is 79.9. The van der Waals surface area contributed by atoms with Gasteiger partial charge in [0.25, 0.3) is 0 Å². The quantitative estimate of drug-likeness (QED) is 0.839. The van der Waals surface area contributed by atoms with Crippen LogP contribution < -0.4 is 5.32 Å². The molecule has 1 aromatic rings. The van der Waals surface area contributed by atoms with Crippen molar-refractivity contribution in [3.8, 4) is 0 Å². The Hall–Kier alpha value is -0.100. The first-order chi connectivity index (χ1) is 7.68. The summed E-state index contributed by atoms with van der Waals surface area (Å²) in [7, 11) is 0. The SMILES string of the molecule is OC1(CSc2ccc(Br)cn2)CCNCC1. The third-order valence-electron chi connectivity index (χ3n) is 2.72. The standard InChI is InChI=1S/C11H15BrN2OS/c12-9-1-2-10(14-7-9)16-8-11(15)3-5-13-6-4-11/h1-2,7,13,15H,3-6,8H2. The molecule has 0 unspecified atom stereocenters. The van der Waals surface area contributed by atoms with Crippen LogP contribution in [0.15, 0.2) is 27.8 Å². The van der Waals surface area contributed by atoms with E-state index in [1.807, 2.05) is 12.1 Å². The minimum absolute atomic E-state index is 0.523. The van der Waals surface area contributed by atoms with E-state index in [0.29, 0.717) is 0 Å². The smallest absolute Gasteiger partial charge is 0.0961 e. The second kappa shape index (κ2) is 5.49. The number of aromatic nitrogens is 1. The Kier molecular flexibility index (Phi) is 4.24. The van der Waals surface area contributed by atoms with Crippen LogP contribution in [0.1, 0.15) is 12.8 Å². The van der Waals surface area contributed by atoms with Gasteiger partial charge in [-0.1, -0.05) is 0 Å². The maximum Gasteiger partial charge on any atom is 0.0961 e. The second-order valence-electron chi connectivity index (χ2n) is 4.08. The van der Waals surface area contributed by atoms with Crippen molar-refractivity contribution in [1.29, 1.82) is 0 Å². The minimum Gasteiger partial charge on any atom is -0.389 e. The van der Waals surface area contributed by atoms with Gasteiger partial charge in [-0.2, -0.15) is 0 Å². The fourth-order valence-corrected chi connectivity index (χ4v) is 2.92. The van der Waals surface area contributed by atoms with E-state index in [1.165, 1.54) is 0 Å². The molecule has 2 rings (SSSR count). The molecule has 3 nitrogen and oxygen atoms in total. The number of halogens is 1. The lowest BCUT2D eigenvalue weighted by Crippen LogP contribution is -2.43. The third kappa shape index (κ3) is 3.45. The average Bonchev–Trinajstić information content (AvgIpc) is 2.29. The molecule has 0 atom stereocenters. The van der Waals surface area contributed by atoms with Crippen LogP contribution in [-0.2, 0) is 0 Å². The van der Waals surface area contributed by atoms with Crippen LogP contribution in [0.3, 0.4) is 0 Å². The number of thioether (sulfide) groups is 1. The fraction of sp³-hybridized carbons (Fsp3) is 0.545. The van der Waals surface area contributed by atoms with E-state index in [9.17, 15) is 5.11 Å². The predicted octanol–water partition coefficient (Wildman–Crippen LogP) is 2.05. The molecule has 0 saturated carbocycles. The highest BCUT2D eigenvalue weighted by molar-refractivity contribution is 9.10. The maximum atomic E-state index is 10.3. The zero-order valence-electron chi connectivity index (χ0n) is 8.95. The van der Waals surface area contributed by atoms with E-state index in [2.05, 4.69) is 26.2 Å². The van der Waals surface area contributed by atoms with Gasteiger partial charge in [-0.3, -0.25) is 0 Å². The monoisotopic (exact) mass is 302 g/mol. The summed E-state index contributed by atoms with van der Waals surface area (Å²) < 4.78 is 0.984. The number of nitrogens with one attached hydrogen (secondary N) is 1. The van der Waals surface area contributed by atoms with Gasteiger partial charge in [-0.25, -0.2) is 4.98 Å². The molecular formula is C11H15BrN2OS. The Bertz CT molecular complexity index is 338. The van der Waals surface area contributed by atoms with E-state index in [-0.39, 0.29) is 0 Å². The van der Waals surface area contributed by atoms with E-state index in [1.54, 1.807) is 18.0 Å². The number of hydrogen-bond donors (Lipinski definition) is 2. The summed E-state index contributed by atoms with van der Waals surface area (Å²) in [6.07, 6.45) is 3.45. The van der Waals surface area contributed by atoms with Crippen molar-refractivity contribution >= 4 is 27.7 Å². The molecule has 0 aromatic carbocycles. The lowest BCUT2D eigenvalue weighted by Gasteiger charge is -2.32. The van der Waals surface area contributed by atoms with Crippen molar-refractivity contribution in [2.24, 2.45) is 0 Å². The first kappa shape index (κ1) is 12.4. The Labute approximate surface area is 108 Å². The summed E-state index contributed by atoms with van der Waals surface area (Å²) in [5.74, 6) is 0.726. The molecule has 0 amide bonds. The van der Waals surface area contributed by atoms with Crippen LogP contribution in [0.25, 0.3) is 0 Å². The van der Waals surface area contributed by atoms with Gasteiger partial charge in [-0.15, -0.1) is 11.8 Å². The summed E-state index contributed by atoms with van der Waals surface area (Å²) in [6.45, 7) is 1.82. The minimum atomic E-state index is -0.523. The molecule has 16 heavy (non-hydrogen) atoms. The van der Waals surface area contributed by atoms with E-state index >= 15 is 0 Å². The van der Waals surface area contributed by atoms with E-state index < -0.39 is 5.60 Å². The zero-order chi connectivity index (χ0) is 11.4. The Morgan fingerprint density at radius 2 is 2.19 bits per heavy atom. The number of nitrogens with zero attached hydrogens (tertiary/aromatic N) is 1. The molecule has 5 heteroatoms. The number of piperidine rings is 1. The topological polar surface area (TPSA) is 45.2 Å². The number of rotatable bonds is 3. The Morgan fingerprint density at radius 3 is 2.81 bits per heavy atom. The van der Waals surface area contributed by atoms with E-state index in [0.717, 1.165) is 41.2 Å². The van der Waals surface area contributed by atoms with Crippen molar-refractivity contribution in [3.63, 3.8) is 0 Å². The van der Waals surface area contributed by atoms with Gasteiger partial charge in [0.1, 0.15) is 0 Å². The molecule has 2 heterocycles. The summed E-state index contributed by atoms with van der Waals surface area (Å²) >= 11 is 4.98. The summed E-state index contributed by atoms with van der Waals surface area (Å²) in [4.78, 5) is 4.28. The average molecular weight is 303 g/mol. The van der Waals surface area contributed by atoms with Gasteiger partial charge in [0.05, 0.1) is 10.6 Å². The zero-order valence-corrected chi connectivity index (χ0v) is 11.4. The van der Waals surface area contributed by atoms with Gasteiger partial charge in [0.15, 0.2) is 0 Å². The lowest BCUT2D eigenvalue weighted by molar-refractivity contribution is 0.0339. The van der Waals surface area contributed by atoms with Crippen LogP contribution in [0.4, 0.5) is 0 Å². The highest BCUT2D eigenvalue weighted by Crippen LogP contribution is 2.27. The molecule has 2 N–H and O–H groups in total. The Balaban J connectivity index is 1.88. The summed E-state index contributed by atoms with van der Waals surface area (Å²) in [5.41, 5.74) is -0.523. The summed E-state index contributed by atoms with van der Waals surface area (Å²) in [5, 5.41) is 14.5. The van der Waals surface area contributed by atoms with Crippen LogP contribution in [0.2, 0.25) is 0 Å². The summed E-state index contributed by atoms with van der Waals surface area (Å²) in [6, 6.07) is 3.95. The van der Waals surface area contributed by atoms with Crippen LogP contribution in [0.5, 0.6) is 0 Å². The lowest BCUT2D eigenvalue weighted by atomic mass is 9.95. The molecule has 0 bridgehead atoms. The molecule has 1 aromatic heterocycles. The molecule has 1 aliphatic heterocycles. The maximum absolute atomic E-state index is 10.3. The fourth-order valence-electron chi connectivity index (χ4n) is 1.69. The molecule has 88 valence electrons. The van der Waals surface area contributed by atoms with E-state index in [4.69, 9.17) is 0 Å². The molecular weight excluding hydrogens is 288 g/mol. The van der Waals surface area contributed by atoms with Crippen LogP contribution in [0, 0.1) is 0 Å². The van der Waals surface area contributed by atoms with Crippen LogP contribution in [-0.4, -0.2) is 34.5 Å². The van der Waals surface area contributed by atoms with Crippen molar-refractivity contribution in [3.05, 3.63) is 22.8 Å². The molecule has 1 aliphatic rings. The van der Waals surface area contributed by atoms with Gasteiger partial charge < -0.3 is 10.4 Å². The molecule has 1 fully saturated rings. The van der Waals surface area contributed by atoms with Crippen LogP contribution >= 0.6 is 27.7 Å². The van der Waals surface area contributed by atoms with Crippen molar-refractivity contribution in [1.82, 2.24) is 10.3 Å². The number of aliphatic hydroxyl groups is 1.